The van der Waals surface area contributed by atoms with Crippen LogP contribution in [0.15, 0.2) is 70.2 Å². The van der Waals surface area contributed by atoms with Gasteiger partial charge in [0.15, 0.2) is 0 Å². The molecule has 0 bridgehead atoms. The van der Waals surface area contributed by atoms with E-state index in [1.54, 1.807) is 18.3 Å². The summed E-state index contributed by atoms with van der Waals surface area (Å²) in [5, 5.41) is 5.32. The summed E-state index contributed by atoms with van der Waals surface area (Å²) in [7, 11) is 0. The molecule has 0 atom stereocenters. The molecule has 3 aromatic rings. The first-order valence-corrected chi connectivity index (χ1v) is 9.07. The number of halogens is 4. The van der Waals surface area contributed by atoms with Crippen molar-refractivity contribution in [1.29, 1.82) is 0 Å². The summed E-state index contributed by atoms with van der Waals surface area (Å²) in [6.07, 6.45) is -1.55. The zero-order valence-electron chi connectivity index (χ0n) is 14.7. The Morgan fingerprint density at radius 3 is 2.66 bits per heavy atom. The molecule has 2 N–H and O–H groups in total. The summed E-state index contributed by atoms with van der Waals surface area (Å²) < 4.78 is 40.4. The number of carbonyl (C=O) groups is 1. The summed E-state index contributed by atoms with van der Waals surface area (Å²) in [6.45, 7) is 0.0630. The molecule has 0 saturated heterocycles. The fourth-order valence-electron chi connectivity index (χ4n) is 2.50. The monoisotopic (exact) mass is 466 g/mol. The summed E-state index contributed by atoms with van der Waals surface area (Å²) in [5.74, 6) is -0.453. The van der Waals surface area contributed by atoms with Gasteiger partial charge in [0.25, 0.3) is 11.5 Å². The molecule has 2 aromatic heterocycles. The van der Waals surface area contributed by atoms with Crippen molar-refractivity contribution in [2.75, 3.05) is 10.6 Å². The molecule has 0 aliphatic carbocycles. The van der Waals surface area contributed by atoms with Crippen LogP contribution in [0.4, 0.5) is 24.7 Å². The van der Waals surface area contributed by atoms with Crippen LogP contribution >= 0.6 is 15.9 Å². The maximum atomic E-state index is 13.1. The summed E-state index contributed by atoms with van der Waals surface area (Å²) in [6, 6.07) is 11.1. The summed E-state index contributed by atoms with van der Waals surface area (Å²) in [5.41, 5.74) is -1.03. The predicted octanol–water partition coefficient (Wildman–Crippen LogP) is 4.35. The van der Waals surface area contributed by atoms with Gasteiger partial charge in [-0.25, -0.2) is 4.98 Å². The van der Waals surface area contributed by atoms with Gasteiger partial charge in [0, 0.05) is 28.6 Å². The number of hydrogen-bond acceptors (Lipinski definition) is 4. The highest BCUT2D eigenvalue weighted by molar-refractivity contribution is 9.10. The maximum absolute atomic E-state index is 13.1. The van der Waals surface area contributed by atoms with Gasteiger partial charge in [-0.2, -0.15) is 13.2 Å². The molecular formula is C19H14BrF3N4O2. The number of carbonyl (C=O) groups excluding carboxylic acids is 1. The van der Waals surface area contributed by atoms with Crippen LogP contribution in [0, 0.1) is 0 Å². The lowest BCUT2D eigenvalue weighted by Crippen LogP contribution is -2.23. The van der Waals surface area contributed by atoms with E-state index in [0.717, 1.165) is 6.07 Å². The van der Waals surface area contributed by atoms with E-state index in [2.05, 4.69) is 31.5 Å². The second-order valence-electron chi connectivity index (χ2n) is 5.89. The van der Waals surface area contributed by atoms with E-state index in [1.165, 1.54) is 41.1 Å². The highest BCUT2D eigenvalue weighted by Crippen LogP contribution is 2.36. The summed E-state index contributed by atoms with van der Waals surface area (Å²) in [4.78, 5) is 28.5. The Bertz CT molecular complexity index is 1100. The zero-order chi connectivity index (χ0) is 21.0. The largest absolute Gasteiger partial charge is 0.417 e. The SMILES string of the molecule is O=C(Nc1ccc(Br)c(C(F)(F)F)c1)c1cccnc1NCn1ccccc1=O. The smallest absolute Gasteiger partial charge is 0.352 e. The second kappa shape index (κ2) is 8.48. The van der Waals surface area contributed by atoms with Crippen LogP contribution in [0.3, 0.4) is 0 Å². The van der Waals surface area contributed by atoms with Gasteiger partial charge >= 0.3 is 6.18 Å². The number of alkyl halides is 3. The number of nitrogens with one attached hydrogen (secondary N) is 2. The van der Waals surface area contributed by atoms with Gasteiger partial charge in [-0.05, 0) is 36.4 Å². The van der Waals surface area contributed by atoms with Crippen molar-refractivity contribution in [3.8, 4) is 0 Å². The Hall–Kier alpha value is -3.14. The predicted molar refractivity (Wildman–Crippen MR) is 106 cm³/mol. The number of rotatable bonds is 5. The molecule has 0 aliphatic heterocycles. The maximum Gasteiger partial charge on any atom is 0.417 e. The van der Waals surface area contributed by atoms with Crippen LogP contribution in [-0.2, 0) is 12.8 Å². The highest BCUT2D eigenvalue weighted by atomic mass is 79.9. The normalized spacial score (nSPS) is 11.2. The Morgan fingerprint density at radius 2 is 1.93 bits per heavy atom. The number of aromatic nitrogens is 2. The van der Waals surface area contributed by atoms with Crippen molar-refractivity contribution in [2.45, 2.75) is 12.8 Å². The van der Waals surface area contributed by atoms with E-state index < -0.39 is 17.6 Å². The number of hydrogen-bond donors (Lipinski definition) is 2. The third-order valence-electron chi connectivity index (χ3n) is 3.90. The molecule has 0 fully saturated rings. The van der Waals surface area contributed by atoms with Crippen LogP contribution in [0.2, 0.25) is 0 Å². The van der Waals surface area contributed by atoms with Gasteiger partial charge < -0.3 is 10.6 Å². The topological polar surface area (TPSA) is 76.0 Å². The lowest BCUT2D eigenvalue weighted by atomic mass is 10.1. The van der Waals surface area contributed by atoms with Crippen molar-refractivity contribution < 1.29 is 18.0 Å². The van der Waals surface area contributed by atoms with E-state index in [9.17, 15) is 22.8 Å². The molecule has 0 aliphatic rings. The van der Waals surface area contributed by atoms with E-state index in [-0.39, 0.29) is 33.8 Å². The average molecular weight is 467 g/mol. The number of nitrogens with zero attached hydrogens (tertiary/aromatic N) is 2. The highest BCUT2D eigenvalue weighted by Gasteiger charge is 2.33. The average Bonchev–Trinajstić information content (AvgIpc) is 2.68. The van der Waals surface area contributed by atoms with E-state index in [1.807, 2.05) is 0 Å². The van der Waals surface area contributed by atoms with E-state index >= 15 is 0 Å². The molecule has 3 rings (SSSR count). The third-order valence-corrected chi connectivity index (χ3v) is 4.59. The first kappa shape index (κ1) is 20.6. The minimum atomic E-state index is -4.57. The van der Waals surface area contributed by atoms with Crippen molar-refractivity contribution in [1.82, 2.24) is 9.55 Å². The minimum absolute atomic E-state index is 0.0143. The van der Waals surface area contributed by atoms with Gasteiger partial charge in [-0.1, -0.05) is 22.0 Å². The van der Waals surface area contributed by atoms with Crippen molar-refractivity contribution in [3.05, 3.63) is 86.9 Å². The van der Waals surface area contributed by atoms with Crippen LogP contribution in [0.25, 0.3) is 0 Å². The molecular weight excluding hydrogens is 453 g/mol. The molecule has 2 heterocycles. The van der Waals surface area contributed by atoms with Crippen molar-refractivity contribution in [2.24, 2.45) is 0 Å². The molecule has 10 heteroatoms. The van der Waals surface area contributed by atoms with Crippen LogP contribution in [0.1, 0.15) is 15.9 Å². The van der Waals surface area contributed by atoms with Crippen molar-refractivity contribution in [3.63, 3.8) is 0 Å². The van der Waals surface area contributed by atoms with Gasteiger partial charge in [0.05, 0.1) is 17.8 Å². The molecule has 29 heavy (non-hydrogen) atoms. The van der Waals surface area contributed by atoms with Crippen LogP contribution in [0.5, 0.6) is 0 Å². The molecule has 0 radical (unpaired) electrons. The molecule has 0 spiro atoms. The van der Waals surface area contributed by atoms with Gasteiger partial charge in [-0.3, -0.25) is 14.2 Å². The number of anilines is 2. The number of amides is 1. The van der Waals surface area contributed by atoms with Crippen LogP contribution < -0.4 is 16.2 Å². The summed E-state index contributed by atoms with van der Waals surface area (Å²) >= 11 is 2.86. The molecule has 150 valence electrons. The molecule has 0 unspecified atom stereocenters. The Morgan fingerprint density at radius 1 is 1.14 bits per heavy atom. The Kier molecular flexibility index (Phi) is 6.02. The lowest BCUT2D eigenvalue weighted by molar-refractivity contribution is -0.138. The third kappa shape index (κ3) is 5.02. The first-order chi connectivity index (χ1) is 13.8. The standard InChI is InChI=1S/C19H14BrF3N4O2/c20-15-7-6-12(10-14(15)19(21,22)23)26-18(29)13-4-3-8-24-17(13)25-11-27-9-2-1-5-16(27)28/h1-10H,11H2,(H,24,25)(H,26,29). The molecule has 1 aromatic carbocycles. The van der Waals surface area contributed by atoms with Crippen LogP contribution in [-0.4, -0.2) is 15.5 Å². The Balaban J connectivity index is 1.80. The fraction of sp³-hybridized carbons (Fsp3) is 0.105. The fourth-order valence-corrected chi connectivity index (χ4v) is 2.97. The number of benzene rings is 1. The molecule has 6 nitrogen and oxygen atoms in total. The van der Waals surface area contributed by atoms with Crippen molar-refractivity contribution >= 4 is 33.3 Å². The van der Waals surface area contributed by atoms with Gasteiger partial charge in [0.1, 0.15) is 5.82 Å². The lowest BCUT2D eigenvalue weighted by Gasteiger charge is -2.14. The van der Waals surface area contributed by atoms with Gasteiger partial charge in [-0.15, -0.1) is 0 Å². The zero-order valence-corrected chi connectivity index (χ0v) is 16.3. The molecule has 0 saturated carbocycles. The second-order valence-corrected chi connectivity index (χ2v) is 6.74. The Labute approximate surface area is 171 Å². The number of pyridine rings is 2. The van der Waals surface area contributed by atoms with E-state index in [4.69, 9.17) is 0 Å². The molecule has 1 amide bonds. The van der Waals surface area contributed by atoms with Gasteiger partial charge in [0.2, 0.25) is 0 Å². The quantitative estimate of drug-likeness (QED) is 0.586. The minimum Gasteiger partial charge on any atom is -0.352 e. The first-order valence-electron chi connectivity index (χ1n) is 8.28. The van der Waals surface area contributed by atoms with E-state index in [0.29, 0.717) is 0 Å².